The van der Waals surface area contributed by atoms with Gasteiger partial charge >= 0.3 is 6.61 Å². The van der Waals surface area contributed by atoms with Crippen molar-refractivity contribution in [1.82, 2.24) is 15.3 Å². The molecule has 1 aliphatic carbocycles. The van der Waals surface area contributed by atoms with E-state index >= 15 is 0 Å². The molecule has 1 heterocycles. The Morgan fingerprint density at radius 3 is 2.42 bits per heavy atom. The van der Waals surface area contributed by atoms with Crippen LogP contribution in [0.5, 0.6) is 5.75 Å². The summed E-state index contributed by atoms with van der Waals surface area (Å²) >= 11 is 0. The number of nitrogens with one attached hydrogen (secondary N) is 2. The highest BCUT2D eigenvalue weighted by Gasteiger charge is 2.46. The molecule has 6 nitrogen and oxygen atoms in total. The van der Waals surface area contributed by atoms with Crippen LogP contribution >= 0.6 is 0 Å². The number of rotatable bonds is 7. The van der Waals surface area contributed by atoms with Crippen molar-refractivity contribution in [2.75, 3.05) is 0 Å². The molecular formula is C23H21F2N3O3. The van der Waals surface area contributed by atoms with E-state index in [-0.39, 0.29) is 22.9 Å². The van der Waals surface area contributed by atoms with Crippen LogP contribution in [0.15, 0.2) is 65.5 Å². The highest BCUT2D eigenvalue weighted by atomic mass is 19.3. The minimum absolute atomic E-state index is 0.00880. The van der Waals surface area contributed by atoms with Crippen LogP contribution in [0.2, 0.25) is 0 Å². The third kappa shape index (κ3) is 4.79. The van der Waals surface area contributed by atoms with E-state index in [1.807, 2.05) is 25.1 Å². The molecule has 0 unspecified atom stereocenters. The Hall–Kier alpha value is -3.55. The maximum atomic E-state index is 13.0. The van der Waals surface area contributed by atoms with Crippen LogP contribution in [0, 0.1) is 5.41 Å². The second kappa shape index (κ2) is 8.29. The Kier molecular flexibility index (Phi) is 5.54. The van der Waals surface area contributed by atoms with Crippen molar-refractivity contribution >= 4 is 5.91 Å². The highest BCUT2D eigenvalue weighted by Crippen LogP contribution is 2.54. The second-order valence-corrected chi connectivity index (χ2v) is 7.85. The van der Waals surface area contributed by atoms with Gasteiger partial charge in [0.15, 0.2) is 0 Å². The first kappa shape index (κ1) is 20.7. The van der Waals surface area contributed by atoms with E-state index in [1.54, 1.807) is 24.3 Å². The number of benzene rings is 2. The largest absolute Gasteiger partial charge is 0.435 e. The summed E-state index contributed by atoms with van der Waals surface area (Å²) < 4.78 is 29.2. The summed E-state index contributed by atoms with van der Waals surface area (Å²) in [6.45, 7) is -0.856. The zero-order valence-corrected chi connectivity index (χ0v) is 16.8. The van der Waals surface area contributed by atoms with Crippen LogP contribution < -0.4 is 15.6 Å². The molecule has 8 heteroatoms. The van der Waals surface area contributed by atoms with Crippen molar-refractivity contribution in [3.8, 4) is 17.1 Å². The van der Waals surface area contributed by atoms with Gasteiger partial charge in [0, 0.05) is 11.6 Å². The number of amides is 1. The molecule has 2 aromatic carbocycles. The number of H-pyrrole nitrogens is 1. The normalized spacial score (nSPS) is 15.4. The summed E-state index contributed by atoms with van der Waals surface area (Å²) in [5.74, 6) is -0.121. The summed E-state index contributed by atoms with van der Waals surface area (Å²) in [5, 5.41) is 2.98. The van der Waals surface area contributed by atoms with Crippen LogP contribution in [0.3, 0.4) is 0 Å². The number of halogens is 2. The molecule has 1 atom stereocenters. The van der Waals surface area contributed by atoms with Gasteiger partial charge in [-0.25, -0.2) is 4.98 Å². The van der Waals surface area contributed by atoms with E-state index < -0.39 is 18.1 Å². The number of hydrogen-bond donors (Lipinski definition) is 2. The van der Waals surface area contributed by atoms with Gasteiger partial charge < -0.3 is 15.0 Å². The average molecular weight is 425 g/mol. The molecule has 0 radical (unpaired) electrons. The number of ether oxygens (including phenoxy) is 1. The fraction of sp³-hybridized carbons (Fsp3) is 0.261. The number of carbonyl (C=O) groups is 1. The molecule has 1 saturated carbocycles. The molecule has 2 N–H and O–H groups in total. The maximum Gasteiger partial charge on any atom is 0.387 e. The lowest BCUT2D eigenvalue weighted by molar-refractivity contribution is -0.0498. The quantitative estimate of drug-likeness (QED) is 0.591. The molecule has 0 aliphatic heterocycles. The van der Waals surface area contributed by atoms with Gasteiger partial charge in [-0.2, -0.15) is 8.78 Å². The minimum Gasteiger partial charge on any atom is -0.435 e. The summed E-state index contributed by atoms with van der Waals surface area (Å²) in [4.78, 5) is 32.1. The topological polar surface area (TPSA) is 84.1 Å². The number of hydrogen-bond acceptors (Lipinski definition) is 4. The number of aromatic amines is 1. The zero-order chi connectivity index (χ0) is 22.0. The first-order valence-electron chi connectivity index (χ1n) is 9.86. The monoisotopic (exact) mass is 425 g/mol. The molecule has 0 saturated heterocycles. The van der Waals surface area contributed by atoms with Crippen molar-refractivity contribution in [3.63, 3.8) is 0 Å². The standard InChI is InChI=1S/C23H21F2N3O3/c1-23(11-12-23)19(14-7-9-16(10-8-14)31-22(24)25)28-21(30)17-13-18(29)27-20(26-17)15-5-3-2-4-6-15/h2-10,13,19,22H,11-12H2,1H3,(H,28,30)(H,26,27,29)/t19-/m0/s1. The Morgan fingerprint density at radius 1 is 1.13 bits per heavy atom. The molecular weight excluding hydrogens is 404 g/mol. The lowest BCUT2D eigenvalue weighted by atomic mass is 9.91. The van der Waals surface area contributed by atoms with Gasteiger partial charge in [0.25, 0.3) is 11.5 Å². The molecule has 1 amide bonds. The van der Waals surface area contributed by atoms with E-state index in [1.165, 1.54) is 12.1 Å². The fourth-order valence-corrected chi connectivity index (χ4v) is 3.50. The molecule has 4 rings (SSSR count). The molecule has 1 fully saturated rings. The van der Waals surface area contributed by atoms with Gasteiger partial charge in [-0.3, -0.25) is 9.59 Å². The highest BCUT2D eigenvalue weighted by molar-refractivity contribution is 5.93. The van der Waals surface area contributed by atoms with Gasteiger partial charge in [0.2, 0.25) is 0 Å². The van der Waals surface area contributed by atoms with Crippen LogP contribution in [-0.4, -0.2) is 22.5 Å². The Balaban J connectivity index is 1.59. The SMILES string of the molecule is CC1([C@@H](NC(=O)c2cc(=O)[nH]c(-c3ccccc3)n2)c2ccc(OC(F)F)cc2)CC1. The van der Waals surface area contributed by atoms with Gasteiger partial charge in [-0.05, 0) is 36.0 Å². The minimum atomic E-state index is -2.90. The first-order chi connectivity index (χ1) is 14.8. The van der Waals surface area contributed by atoms with Crippen LogP contribution in [0.4, 0.5) is 8.78 Å². The van der Waals surface area contributed by atoms with E-state index in [9.17, 15) is 18.4 Å². The lowest BCUT2D eigenvalue weighted by Gasteiger charge is -2.25. The smallest absolute Gasteiger partial charge is 0.387 e. The Labute approximate surface area is 177 Å². The number of alkyl halides is 2. The van der Waals surface area contributed by atoms with E-state index in [0.717, 1.165) is 24.5 Å². The third-order valence-electron chi connectivity index (χ3n) is 5.47. The summed E-state index contributed by atoms with van der Waals surface area (Å²) in [6.07, 6.45) is 1.82. The first-order valence-corrected chi connectivity index (χ1v) is 9.86. The van der Waals surface area contributed by atoms with Crippen molar-refractivity contribution < 1.29 is 18.3 Å². The number of nitrogens with zero attached hydrogens (tertiary/aromatic N) is 1. The Morgan fingerprint density at radius 2 is 1.81 bits per heavy atom. The van der Waals surface area contributed by atoms with Crippen LogP contribution in [-0.2, 0) is 0 Å². The van der Waals surface area contributed by atoms with Crippen molar-refractivity contribution in [3.05, 3.63) is 82.3 Å². The number of carbonyl (C=O) groups excluding carboxylic acids is 1. The molecule has 1 aliphatic rings. The van der Waals surface area contributed by atoms with Gasteiger partial charge in [-0.1, -0.05) is 49.4 Å². The van der Waals surface area contributed by atoms with E-state index in [0.29, 0.717) is 11.4 Å². The van der Waals surface area contributed by atoms with E-state index in [4.69, 9.17) is 0 Å². The predicted octanol–water partition coefficient (Wildman–Crippen LogP) is 4.31. The van der Waals surface area contributed by atoms with Gasteiger partial charge in [0.1, 0.15) is 17.3 Å². The van der Waals surface area contributed by atoms with Gasteiger partial charge in [0.05, 0.1) is 6.04 Å². The van der Waals surface area contributed by atoms with E-state index in [2.05, 4.69) is 20.0 Å². The average Bonchev–Trinajstić information content (AvgIpc) is 3.50. The maximum absolute atomic E-state index is 13.0. The Bertz CT molecular complexity index is 1130. The molecule has 1 aromatic heterocycles. The molecule has 0 spiro atoms. The zero-order valence-electron chi connectivity index (χ0n) is 16.8. The second-order valence-electron chi connectivity index (χ2n) is 7.85. The third-order valence-corrected chi connectivity index (χ3v) is 5.47. The van der Waals surface area contributed by atoms with Crippen molar-refractivity contribution in [1.29, 1.82) is 0 Å². The van der Waals surface area contributed by atoms with Crippen molar-refractivity contribution in [2.24, 2.45) is 5.41 Å². The van der Waals surface area contributed by atoms with Crippen LogP contribution in [0.25, 0.3) is 11.4 Å². The summed E-state index contributed by atoms with van der Waals surface area (Å²) in [7, 11) is 0. The predicted molar refractivity (Wildman–Crippen MR) is 111 cm³/mol. The lowest BCUT2D eigenvalue weighted by Crippen LogP contribution is -2.34. The molecule has 31 heavy (non-hydrogen) atoms. The fourth-order valence-electron chi connectivity index (χ4n) is 3.50. The van der Waals surface area contributed by atoms with Gasteiger partial charge in [-0.15, -0.1) is 0 Å². The van der Waals surface area contributed by atoms with Crippen LogP contribution in [0.1, 0.15) is 41.9 Å². The number of aromatic nitrogens is 2. The molecule has 0 bridgehead atoms. The van der Waals surface area contributed by atoms with Crippen molar-refractivity contribution in [2.45, 2.75) is 32.4 Å². The summed E-state index contributed by atoms with van der Waals surface area (Å²) in [6, 6.07) is 16.1. The molecule has 160 valence electrons. The molecule has 3 aromatic rings. The summed E-state index contributed by atoms with van der Waals surface area (Å²) in [5.41, 5.74) is 0.873.